The van der Waals surface area contributed by atoms with Crippen molar-refractivity contribution >= 4 is 29.6 Å². The molecule has 18 nitrogen and oxygen atoms in total. The van der Waals surface area contributed by atoms with Gasteiger partial charge in [-0.15, -0.1) is 0 Å². The minimum absolute atomic E-state index is 0.00242. The van der Waals surface area contributed by atoms with Crippen molar-refractivity contribution in [3.8, 4) is 0 Å². The number of ketones is 1. The number of rotatable bonds is 36. The van der Waals surface area contributed by atoms with Crippen LogP contribution in [-0.2, 0) is 61.8 Å². The predicted molar refractivity (Wildman–Crippen MR) is 198 cm³/mol. The number of amides is 4. The van der Waals surface area contributed by atoms with E-state index in [2.05, 4.69) is 22.9 Å². The highest BCUT2D eigenvalue weighted by molar-refractivity contribution is 5.92. The lowest BCUT2D eigenvalue weighted by Crippen LogP contribution is -2.47. The molecular weight excluding hydrogens is 712 g/mol. The number of unbranched alkanes of at least 4 members (excludes halogenated alkanes) is 2. The molecule has 0 aliphatic heterocycles. The first-order chi connectivity index (χ1) is 26.0. The first-order valence-corrected chi connectivity index (χ1v) is 18.7. The van der Waals surface area contributed by atoms with Gasteiger partial charge in [0.05, 0.1) is 72.1 Å². The molecule has 54 heavy (non-hydrogen) atoms. The molecule has 0 unspecified atom stereocenters. The highest BCUT2D eigenvalue weighted by Gasteiger charge is 2.29. The fraction of sp³-hybridized carbons (Fsp3) is 0.861. The zero-order chi connectivity index (χ0) is 40.4. The molecule has 0 spiro atoms. The number of ether oxygens (including phenoxy) is 9. The van der Waals surface area contributed by atoms with Crippen LogP contribution in [0.25, 0.3) is 0 Å². The Kier molecular flexibility index (Phi) is 32.6. The van der Waals surface area contributed by atoms with Crippen LogP contribution in [0.1, 0.15) is 52.9 Å². The van der Waals surface area contributed by atoms with E-state index in [-0.39, 0.29) is 89.3 Å². The zero-order valence-electron chi connectivity index (χ0n) is 33.6. The lowest BCUT2D eigenvalue weighted by molar-refractivity contribution is -0.142. The SMILES string of the molecule is CCCCC[C@H](CC(=O)[C@@H](NC(=O)COCCOCCOCCOCCOCC(=O)NC)C(C)C)C(=O)NCCN(C)C(=O)OCCOCC(OC)OC. The molecule has 0 saturated carbocycles. The van der Waals surface area contributed by atoms with E-state index >= 15 is 0 Å². The Morgan fingerprint density at radius 2 is 1.24 bits per heavy atom. The fourth-order valence-corrected chi connectivity index (χ4v) is 4.64. The van der Waals surface area contributed by atoms with E-state index in [1.54, 1.807) is 14.1 Å². The van der Waals surface area contributed by atoms with Crippen LogP contribution in [0.5, 0.6) is 0 Å². The van der Waals surface area contributed by atoms with Crippen molar-refractivity contribution in [2.24, 2.45) is 11.8 Å². The largest absolute Gasteiger partial charge is 0.447 e. The smallest absolute Gasteiger partial charge is 0.409 e. The van der Waals surface area contributed by atoms with Crippen molar-refractivity contribution in [3.05, 3.63) is 0 Å². The summed E-state index contributed by atoms with van der Waals surface area (Å²) in [5.74, 6) is -1.93. The monoisotopic (exact) mass is 780 g/mol. The van der Waals surface area contributed by atoms with Crippen molar-refractivity contribution in [2.75, 3.05) is 127 Å². The molecule has 2 atom stereocenters. The summed E-state index contributed by atoms with van der Waals surface area (Å²) < 4.78 is 47.4. The van der Waals surface area contributed by atoms with Gasteiger partial charge in [0.2, 0.25) is 17.7 Å². The maximum Gasteiger partial charge on any atom is 0.409 e. The van der Waals surface area contributed by atoms with Gasteiger partial charge in [-0.05, 0) is 12.3 Å². The van der Waals surface area contributed by atoms with Crippen molar-refractivity contribution in [3.63, 3.8) is 0 Å². The zero-order valence-corrected chi connectivity index (χ0v) is 33.6. The molecule has 0 heterocycles. The molecular formula is C36H68N4O14. The second-order valence-corrected chi connectivity index (χ2v) is 12.6. The van der Waals surface area contributed by atoms with Gasteiger partial charge in [0.25, 0.3) is 0 Å². The van der Waals surface area contributed by atoms with Gasteiger partial charge in [-0.25, -0.2) is 4.79 Å². The van der Waals surface area contributed by atoms with Gasteiger partial charge in [0, 0.05) is 53.7 Å². The number of hydrogen-bond acceptors (Lipinski definition) is 14. The highest BCUT2D eigenvalue weighted by Crippen LogP contribution is 2.18. The molecule has 0 fully saturated rings. The molecule has 0 aromatic rings. The van der Waals surface area contributed by atoms with Gasteiger partial charge < -0.3 is 63.5 Å². The highest BCUT2D eigenvalue weighted by atomic mass is 16.7. The molecule has 0 rings (SSSR count). The third kappa shape index (κ3) is 27.6. The molecule has 0 saturated heterocycles. The van der Waals surface area contributed by atoms with Crippen molar-refractivity contribution in [1.29, 1.82) is 0 Å². The average Bonchev–Trinajstić information content (AvgIpc) is 3.15. The van der Waals surface area contributed by atoms with Crippen LogP contribution in [0.4, 0.5) is 4.79 Å². The van der Waals surface area contributed by atoms with E-state index in [9.17, 15) is 24.0 Å². The first-order valence-electron chi connectivity index (χ1n) is 18.7. The number of nitrogens with zero attached hydrogens (tertiary/aromatic N) is 1. The van der Waals surface area contributed by atoms with E-state index < -0.39 is 30.3 Å². The summed E-state index contributed by atoms with van der Waals surface area (Å²) in [6.07, 6.45) is 2.08. The number of Topliss-reactive ketones (excluding diaryl/α,β-unsaturated/α-hetero) is 1. The van der Waals surface area contributed by atoms with Gasteiger partial charge in [-0.1, -0.05) is 40.0 Å². The Morgan fingerprint density at radius 3 is 1.76 bits per heavy atom. The summed E-state index contributed by atoms with van der Waals surface area (Å²) in [7, 11) is 6.10. The molecule has 0 bridgehead atoms. The Balaban J connectivity index is 4.46. The minimum Gasteiger partial charge on any atom is -0.447 e. The molecule has 0 aromatic heterocycles. The maximum atomic E-state index is 13.4. The summed E-state index contributed by atoms with van der Waals surface area (Å²) in [5, 5.41) is 8.07. The number of likely N-dealkylation sites (N-methyl/N-ethyl adjacent to an activating group) is 2. The van der Waals surface area contributed by atoms with Gasteiger partial charge >= 0.3 is 6.09 Å². The predicted octanol–water partition coefficient (Wildman–Crippen LogP) is 0.932. The standard InChI is InChI=1S/C36H68N4O14/c1-8-9-10-11-29(35(44)38-12-13-40(5)36(45)54-23-22-53-27-33(46-6)47-7)24-30(41)34(28(2)3)39-32(43)26-52-21-19-50-17-15-48-14-16-49-18-20-51-25-31(42)37-4/h28-29,33-34H,8-27H2,1-7H3,(H,37,42)(H,38,44)(H,39,43)/t29-,34+/m1/s1. The minimum atomic E-state index is -0.783. The Hall–Kier alpha value is -2.97. The van der Waals surface area contributed by atoms with Crippen LogP contribution < -0.4 is 16.0 Å². The third-order valence-corrected chi connectivity index (χ3v) is 7.83. The second-order valence-electron chi connectivity index (χ2n) is 12.6. The Labute approximate surface area is 321 Å². The maximum absolute atomic E-state index is 13.4. The summed E-state index contributed by atoms with van der Waals surface area (Å²) in [6, 6.07) is -0.783. The number of nitrogens with one attached hydrogen (secondary N) is 3. The summed E-state index contributed by atoms with van der Waals surface area (Å²) >= 11 is 0. The second kappa shape index (κ2) is 34.5. The summed E-state index contributed by atoms with van der Waals surface area (Å²) in [4.78, 5) is 63.9. The molecule has 0 aliphatic rings. The van der Waals surface area contributed by atoms with E-state index in [0.29, 0.717) is 46.1 Å². The molecule has 18 heteroatoms. The molecule has 0 radical (unpaired) electrons. The number of carbonyl (C=O) groups excluding carboxylic acids is 5. The number of carbonyl (C=O) groups is 5. The van der Waals surface area contributed by atoms with E-state index in [1.165, 1.54) is 19.1 Å². The summed E-state index contributed by atoms with van der Waals surface area (Å²) in [5.41, 5.74) is 0. The first kappa shape index (κ1) is 51.0. The van der Waals surface area contributed by atoms with E-state index in [0.717, 1.165) is 19.3 Å². The van der Waals surface area contributed by atoms with Crippen molar-refractivity contribution < 1.29 is 66.6 Å². The third-order valence-electron chi connectivity index (χ3n) is 7.83. The molecule has 3 N–H and O–H groups in total. The molecule has 316 valence electrons. The average molecular weight is 781 g/mol. The van der Waals surface area contributed by atoms with Gasteiger partial charge in [0.15, 0.2) is 12.1 Å². The van der Waals surface area contributed by atoms with Crippen LogP contribution in [0, 0.1) is 11.8 Å². The van der Waals surface area contributed by atoms with E-state index in [1.807, 2.05) is 13.8 Å². The molecule has 0 aromatic carbocycles. The van der Waals surface area contributed by atoms with Gasteiger partial charge in [-0.2, -0.15) is 0 Å². The van der Waals surface area contributed by atoms with Crippen LogP contribution in [0.15, 0.2) is 0 Å². The Bertz CT molecular complexity index is 1000. The van der Waals surface area contributed by atoms with Crippen LogP contribution in [-0.4, -0.2) is 174 Å². The Morgan fingerprint density at radius 1 is 0.704 bits per heavy atom. The van der Waals surface area contributed by atoms with Crippen LogP contribution in [0.2, 0.25) is 0 Å². The normalized spacial score (nSPS) is 12.4. The molecule has 0 aliphatic carbocycles. The van der Waals surface area contributed by atoms with Crippen molar-refractivity contribution in [2.45, 2.75) is 65.2 Å². The lowest BCUT2D eigenvalue weighted by atomic mass is 9.89. The van der Waals surface area contributed by atoms with Gasteiger partial charge in [-0.3, -0.25) is 19.2 Å². The fourth-order valence-electron chi connectivity index (χ4n) is 4.64. The van der Waals surface area contributed by atoms with Crippen LogP contribution >= 0.6 is 0 Å². The number of hydrogen-bond donors (Lipinski definition) is 3. The topological polar surface area (TPSA) is 208 Å². The van der Waals surface area contributed by atoms with Gasteiger partial charge in [0.1, 0.15) is 19.8 Å². The molecule has 4 amide bonds. The van der Waals surface area contributed by atoms with Crippen molar-refractivity contribution in [1.82, 2.24) is 20.9 Å². The lowest BCUT2D eigenvalue weighted by Gasteiger charge is -2.24. The number of methoxy groups -OCH3 is 2. The quantitative estimate of drug-likeness (QED) is 0.0598. The summed E-state index contributed by atoms with van der Waals surface area (Å²) in [6.45, 7) is 8.85. The van der Waals surface area contributed by atoms with Crippen LogP contribution in [0.3, 0.4) is 0 Å². The van der Waals surface area contributed by atoms with E-state index in [4.69, 9.17) is 42.6 Å².